The van der Waals surface area contributed by atoms with Crippen LogP contribution in [0.15, 0.2) is 78.9 Å². The van der Waals surface area contributed by atoms with Crippen LogP contribution in [0.2, 0.25) is 0 Å². The maximum Gasteiger partial charge on any atom is 0.460 e. The zero-order valence-electron chi connectivity index (χ0n) is 18.5. The number of hydrogen-bond acceptors (Lipinski definition) is 3. The van der Waals surface area contributed by atoms with Crippen LogP contribution >= 0.6 is 0 Å². The molecule has 0 radical (unpaired) electrons. The molecule has 0 fully saturated rings. The second-order valence-corrected chi connectivity index (χ2v) is 7.57. The van der Waals surface area contributed by atoms with E-state index in [2.05, 4.69) is 15.4 Å². The highest BCUT2D eigenvalue weighted by atomic mass is 19.4. The molecule has 1 atom stereocenters. The van der Waals surface area contributed by atoms with Crippen LogP contribution in [-0.2, 0) is 6.42 Å². The Hall–Kier alpha value is -4.02. The smallest absolute Gasteiger partial charge is 0.454 e. The molecule has 0 aliphatic heterocycles. The van der Waals surface area contributed by atoms with E-state index in [0.29, 0.717) is 13.0 Å². The molecule has 36 heavy (non-hydrogen) atoms. The maximum absolute atomic E-state index is 13.4. The van der Waals surface area contributed by atoms with Gasteiger partial charge in [0.15, 0.2) is 0 Å². The Bertz CT molecular complexity index is 1180. The minimum atomic E-state index is -6.13. The summed E-state index contributed by atoms with van der Waals surface area (Å²) in [5.41, 5.74) is 1.37. The van der Waals surface area contributed by atoms with E-state index in [0.717, 1.165) is 29.8 Å². The van der Waals surface area contributed by atoms with Crippen molar-refractivity contribution in [3.05, 3.63) is 95.6 Å². The monoisotopic (exact) mass is 510 g/mol. The first-order valence-electron chi connectivity index (χ1n) is 10.6. The van der Waals surface area contributed by atoms with E-state index in [4.69, 9.17) is 0 Å². The summed E-state index contributed by atoms with van der Waals surface area (Å²) in [6.45, 7) is 0.357. The molecule has 0 unspecified atom stereocenters. The summed E-state index contributed by atoms with van der Waals surface area (Å²) in [7, 11) is 0. The van der Waals surface area contributed by atoms with Crippen molar-refractivity contribution >= 4 is 17.5 Å². The zero-order chi connectivity index (χ0) is 26.3. The fourth-order valence-electron chi connectivity index (χ4n) is 3.05. The number of ether oxygens (including phenoxy) is 1. The Balaban J connectivity index is 1.62. The summed E-state index contributed by atoms with van der Waals surface area (Å²) >= 11 is 0. The van der Waals surface area contributed by atoms with Gasteiger partial charge in [-0.15, -0.1) is 0 Å². The number of hydrogen-bond donors (Lipinski definition) is 2. The van der Waals surface area contributed by atoms with Crippen LogP contribution in [0.4, 0.5) is 32.0 Å². The lowest BCUT2D eigenvalue weighted by atomic mass is 10.1. The number of anilines is 1. The quantitative estimate of drug-likeness (QED) is 0.359. The van der Waals surface area contributed by atoms with Gasteiger partial charge in [-0.2, -0.15) is 26.3 Å². The standard InChI is InChI=1S/C25H20F6N2O3/c26-23(24(27,28)25(29,30)31)36-18-12-10-17(11-13-18)21(34)33-20-9-5-4-8-19(20)22(35)32-15-14-16-6-2-1-3-7-16/h1-13,23H,14-15H2,(H,32,35)(H,33,34)/t23-/m0/s1. The van der Waals surface area contributed by atoms with E-state index >= 15 is 0 Å². The topological polar surface area (TPSA) is 67.4 Å². The number of halogens is 6. The molecule has 3 rings (SSSR count). The van der Waals surface area contributed by atoms with E-state index in [-0.39, 0.29) is 16.8 Å². The molecule has 0 saturated heterocycles. The molecule has 0 aromatic heterocycles. The molecule has 0 aliphatic carbocycles. The van der Waals surface area contributed by atoms with E-state index in [1.54, 1.807) is 12.1 Å². The molecule has 3 aromatic carbocycles. The van der Waals surface area contributed by atoms with Crippen molar-refractivity contribution in [2.75, 3.05) is 11.9 Å². The highest BCUT2D eigenvalue weighted by Crippen LogP contribution is 2.40. The summed E-state index contributed by atoms with van der Waals surface area (Å²) in [6, 6.07) is 19.5. The lowest BCUT2D eigenvalue weighted by molar-refractivity contribution is -0.328. The number of amides is 2. The normalized spacial score (nSPS) is 12.5. The molecule has 0 aliphatic rings. The fourth-order valence-corrected chi connectivity index (χ4v) is 3.05. The molecule has 0 heterocycles. The largest absolute Gasteiger partial charge is 0.460 e. The van der Waals surface area contributed by atoms with Crippen LogP contribution in [0.5, 0.6) is 5.75 Å². The maximum atomic E-state index is 13.4. The summed E-state index contributed by atoms with van der Waals surface area (Å²) in [5, 5.41) is 5.30. The van der Waals surface area contributed by atoms with Crippen molar-refractivity contribution in [1.29, 1.82) is 0 Å². The molecule has 2 amide bonds. The van der Waals surface area contributed by atoms with Gasteiger partial charge in [-0.1, -0.05) is 42.5 Å². The van der Waals surface area contributed by atoms with Gasteiger partial charge in [0.2, 0.25) is 0 Å². The number of benzene rings is 3. The van der Waals surface area contributed by atoms with Crippen LogP contribution in [-0.4, -0.2) is 36.8 Å². The van der Waals surface area contributed by atoms with E-state index in [1.807, 2.05) is 30.3 Å². The number of alkyl halides is 6. The molecule has 0 saturated carbocycles. The number of carbonyl (C=O) groups excluding carboxylic acids is 2. The minimum Gasteiger partial charge on any atom is -0.454 e. The van der Waals surface area contributed by atoms with Crippen molar-refractivity contribution in [2.24, 2.45) is 0 Å². The molecule has 3 aromatic rings. The number of carbonyl (C=O) groups is 2. The Morgan fingerprint density at radius 2 is 1.42 bits per heavy atom. The third-order valence-corrected chi connectivity index (χ3v) is 4.98. The summed E-state index contributed by atoms with van der Waals surface area (Å²) in [4.78, 5) is 25.2. The predicted octanol–water partition coefficient (Wildman–Crippen LogP) is 5.78. The predicted molar refractivity (Wildman–Crippen MR) is 120 cm³/mol. The van der Waals surface area contributed by atoms with Crippen LogP contribution < -0.4 is 15.4 Å². The van der Waals surface area contributed by atoms with Crippen LogP contribution in [0.25, 0.3) is 0 Å². The van der Waals surface area contributed by atoms with Gasteiger partial charge in [-0.25, -0.2) is 0 Å². The molecule has 0 spiro atoms. The first-order chi connectivity index (χ1) is 17.0. The van der Waals surface area contributed by atoms with E-state index in [1.165, 1.54) is 12.1 Å². The van der Waals surface area contributed by atoms with Gasteiger partial charge in [-0.05, 0) is 48.4 Å². The Morgan fingerprint density at radius 1 is 0.806 bits per heavy atom. The molecular weight excluding hydrogens is 490 g/mol. The van der Waals surface area contributed by atoms with Gasteiger partial charge in [0.25, 0.3) is 11.8 Å². The first kappa shape index (κ1) is 26.6. The molecular formula is C25H20F6N2O3. The highest BCUT2D eigenvalue weighted by Gasteiger charge is 2.65. The van der Waals surface area contributed by atoms with Crippen molar-refractivity contribution in [1.82, 2.24) is 5.32 Å². The Kier molecular flexibility index (Phi) is 8.23. The van der Waals surface area contributed by atoms with Gasteiger partial charge in [-0.3, -0.25) is 9.59 Å². The van der Waals surface area contributed by atoms with Crippen molar-refractivity contribution in [3.63, 3.8) is 0 Å². The summed E-state index contributed by atoms with van der Waals surface area (Å²) in [5.74, 6) is -7.48. The van der Waals surface area contributed by atoms with Gasteiger partial charge in [0.1, 0.15) is 5.75 Å². The Morgan fingerprint density at radius 3 is 2.06 bits per heavy atom. The van der Waals surface area contributed by atoms with Gasteiger partial charge in [0.05, 0.1) is 11.3 Å². The molecule has 5 nitrogen and oxygen atoms in total. The third-order valence-electron chi connectivity index (χ3n) is 4.98. The average Bonchev–Trinajstić information content (AvgIpc) is 2.84. The average molecular weight is 510 g/mol. The minimum absolute atomic E-state index is 0.0420. The van der Waals surface area contributed by atoms with Crippen molar-refractivity contribution in [3.8, 4) is 5.75 Å². The van der Waals surface area contributed by atoms with Crippen molar-refractivity contribution < 1.29 is 40.7 Å². The molecule has 11 heteroatoms. The number of nitrogens with one attached hydrogen (secondary N) is 2. The second kappa shape index (κ2) is 11.1. The number of para-hydroxylation sites is 1. The van der Waals surface area contributed by atoms with E-state index in [9.17, 15) is 35.9 Å². The first-order valence-corrected chi connectivity index (χ1v) is 10.6. The lowest BCUT2D eigenvalue weighted by Gasteiger charge is -2.23. The molecule has 190 valence electrons. The Labute approximate surface area is 202 Å². The molecule has 2 N–H and O–H groups in total. The van der Waals surface area contributed by atoms with Gasteiger partial charge in [0, 0.05) is 12.1 Å². The highest BCUT2D eigenvalue weighted by molar-refractivity contribution is 6.09. The van der Waals surface area contributed by atoms with Crippen LogP contribution in [0, 0.1) is 0 Å². The third kappa shape index (κ3) is 6.55. The van der Waals surface area contributed by atoms with Crippen LogP contribution in [0.3, 0.4) is 0 Å². The molecule has 0 bridgehead atoms. The van der Waals surface area contributed by atoms with E-state index < -0.39 is 36.0 Å². The van der Waals surface area contributed by atoms with Crippen LogP contribution in [0.1, 0.15) is 26.3 Å². The summed E-state index contributed by atoms with van der Waals surface area (Å²) < 4.78 is 80.2. The SMILES string of the molecule is O=C(Nc1ccccc1C(=O)NCCc1ccccc1)c1ccc(O[C@H](F)C(F)(F)C(F)(F)F)cc1. The number of rotatable bonds is 9. The fraction of sp³-hybridized carbons (Fsp3) is 0.200. The summed E-state index contributed by atoms with van der Waals surface area (Å²) in [6.07, 6.45) is -9.50. The second-order valence-electron chi connectivity index (χ2n) is 7.57. The van der Waals surface area contributed by atoms with Gasteiger partial charge < -0.3 is 15.4 Å². The van der Waals surface area contributed by atoms with Crippen molar-refractivity contribution in [2.45, 2.75) is 24.9 Å². The lowest BCUT2D eigenvalue weighted by Crippen LogP contribution is -2.47. The van der Waals surface area contributed by atoms with Gasteiger partial charge >= 0.3 is 18.5 Å². The zero-order valence-corrected chi connectivity index (χ0v) is 18.5.